The molecule has 19 heavy (non-hydrogen) atoms. The van der Waals surface area contributed by atoms with Gasteiger partial charge in [-0.05, 0) is 30.7 Å². The van der Waals surface area contributed by atoms with Crippen molar-refractivity contribution in [1.82, 2.24) is 15.2 Å². The highest BCUT2D eigenvalue weighted by Crippen LogP contribution is 2.31. The molecular formula is C13H17BrN4O. The molecule has 0 radical (unpaired) electrons. The second-order valence-corrected chi connectivity index (χ2v) is 4.97. The number of aryl methyl sites for hydroxylation is 1. The summed E-state index contributed by atoms with van der Waals surface area (Å²) in [5.41, 5.74) is 4.85. The number of nitrogens with one attached hydrogen (secondary N) is 1. The van der Waals surface area contributed by atoms with Gasteiger partial charge in [0.15, 0.2) is 0 Å². The summed E-state index contributed by atoms with van der Waals surface area (Å²) < 4.78 is 8.10. The van der Waals surface area contributed by atoms with E-state index in [4.69, 9.17) is 10.6 Å². The molecule has 5 nitrogen and oxygen atoms in total. The van der Waals surface area contributed by atoms with Crippen molar-refractivity contribution in [3.05, 3.63) is 46.2 Å². The van der Waals surface area contributed by atoms with Crippen LogP contribution < -0.4 is 16.0 Å². The van der Waals surface area contributed by atoms with Gasteiger partial charge < -0.3 is 4.74 Å². The van der Waals surface area contributed by atoms with Crippen LogP contribution in [0.2, 0.25) is 0 Å². The van der Waals surface area contributed by atoms with E-state index in [9.17, 15) is 0 Å². The number of hydrogen-bond acceptors (Lipinski definition) is 4. The average Bonchev–Trinajstić information content (AvgIpc) is 2.90. The van der Waals surface area contributed by atoms with E-state index in [0.717, 1.165) is 27.9 Å². The van der Waals surface area contributed by atoms with Crippen molar-refractivity contribution in [1.29, 1.82) is 0 Å². The number of nitrogens with zero attached hydrogens (tertiary/aromatic N) is 2. The number of ether oxygens (including phenoxy) is 1. The smallest absolute Gasteiger partial charge is 0.119 e. The lowest BCUT2D eigenvalue weighted by Crippen LogP contribution is -2.28. The predicted octanol–water partition coefficient (Wildman–Crippen LogP) is 2.23. The molecule has 2 rings (SSSR count). The van der Waals surface area contributed by atoms with Crippen LogP contribution in [0.4, 0.5) is 0 Å². The summed E-state index contributed by atoms with van der Waals surface area (Å²) >= 11 is 3.54. The van der Waals surface area contributed by atoms with E-state index in [1.54, 1.807) is 7.11 Å². The van der Waals surface area contributed by atoms with Gasteiger partial charge in [0.05, 0.1) is 19.3 Å². The highest BCUT2D eigenvalue weighted by atomic mass is 79.9. The van der Waals surface area contributed by atoms with Gasteiger partial charge in [0, 0.05) is 22.8 Å². The Hall–Kier alpha value is -1.37. The molecule has 1 heterocycles. The third-order valence-corrected chi connectivity index (χ3v) is 3.71. The highest BCUT2D eigenvalue weighted by Gasteiger charge is 2.17. The Morgan fingerprint density at radius 1 is 1.53 bits per heavy atom. The number of benzene rings is 1. The molecule has 6 heteroatoms. The number of hydrogen-bond donors (Lipinski definition) is 2. The first kappa shape index (κ1) is 14.0. The quantitative estimate of drug-likeness (QED) is 0.654. The summed E-state index contributed by atoms with van der Waals surface area (Å²) in [5.74, 6) is 6.49. The minimum absolute atomic E-state index is 0.134. The fraction of sp³-hybridized carbons (Fsp3) is 0.308. The van der Waals surface area contributed by atoms with Crippen LogP contribution in [-0.4, -0.2) is 16.9 Å². The van der Waals surface area contributed by atoms with Gasteiger partial charge in [-0.1, -0.05) is 15.9 Å². The minimum atomic E-state index is -0.134. The van der Waals surface area contributed by atoms with E-state index in [0.29, 0.717) is 0 Å². The molecule has 1 aromatic carbocycles. The summed E-state index contributed by atoms with van der Waals surface area (Å²) in [5, 5.41) is 4.28. The topological polar surface area (TPSA) is 65.1 Å². The number of aromatic nitrogens is 2. The van der Waals surface area contributed by atoms with Crippen LogP contribution >= 0.6 is 15.9 Å². The first-order valence-electron chi connectivity index (χ1n) is 6.01. The highest BCUT2D eigenvalue weighted by molar-refractivity contribution is 9.10. The molecule has 0 fully saturated rings. The Labute approximate surface area is 120 Å². The first-order valence-corrected chi connectivity index (χ1v) is 6.80. The van der Waals surface area contributed by atoms with Crippen LogP contribution in [0.25, 0.3) is 0 Å². The maximum Gasteiger partial charge on any atom is 0.119 e. The molecule has 2 aromatic rings. The summed E-state index contributed by atoms with van der Waals surface area (Å²) in [6.45, 7) is 2.87. The zero-order valence-electron chi connectivity index (χ0n) is 10.9. The van der Waals surface area contributed by atoms with E-state index < -0.39 is 0 Å². The number of rotatable bonds is 5. The van der Waals surface area contributed by atoms with Gasteiger partial charge in [-0.15, -0.1) is 0 Å². The maximum atomic E-state index is 5.70. The van der Waals surface area contributed by atoms with E-state index in [1.165, 1.54) is 0 Å². The lowest BCUT2D eigenvalue weighted by atomic mass is 10.0. The Kier molecular flexibility index (Phi) is 4.57. The van der Waals surface area contributed by atoms with Gasteiger partial charge in [-0.25, -0.2) is 5.43 Å². The van der Waals surface area contributed by atoms with E-state index >= 15 is 0 Å². The molecule has 1 aromatic heterocycles. The zero-order valence-corrected chi connectivity index (χ0v) is 12.5. The molecule has 1 atom stereocenters. The summed E-state index contributed by atoms with van der Waals surface area (Å²) in [7, 11) is 1.65. The molecule has 1 unspecified atom stereocenters. The Morgan fingerprint density at radius 3 is 2.89 bits per heavy atom. The van der Waals surface area contributed by atoms with Crippen molar-refractivity contribution in [2.24, 2.45) is 5.84 Å². The Bertz CT molecular complexity index is 555. The van der Waals surface area contributed by atoms with Crippen LogP contribution in [0.1, 0.15) is 24.1 Å². The minimum Gasteiger partial charge on any atom is -0.497 e. The maximum absolute atomic E-state index is 5.70. The number of methoxy groups -OCH3 is 1. The van der Waals surface area contributed by atoms with Gasteiger partial charge >= 0.3 is 0 Å². The van der Waals surface area contributed by atoms with Gasteiger partial charge in [0.1, 0.15) is 5.75 Å². The van der Waals surface area contributed by atoms with Crippen LogP contribution in [0.5, 0.6) is 5.75 Å². The lowest BCUT2D eigenvalue weighted by molar-refractivity contribution is 0.413. The third kappa shape index (κ3) is 2.97. The van der Waals surface area contributed by atoms with Crippen LogP contribution in [0.3, 0.4) is 0 Å². The van der Waals surface area contributed by atoms with E-state index in [2.05, 4.69) is 26.5 Å². The average molecular weight is 325 g/mol. The van der Waals surface area contributed by atoms with Crippen molar-refractivity contribution in [2.45, 2.75) is 19.5 Å². The summed E-state index contributed by atoms with van der Waals surface area (Å²) in [6, 6.07) is 5.67. The fourth-order valence-corrected chi connectivity index (χ4v) is 2.41. The molecule has 0 amide bonds. The van der Waals surface area contributed by atoms with Gasteiger partial charge in [0.25, 0.3) is 0 Å². The molecule has 102 valence electrons. The number of hydrazine groups is 1. The van der Waals surface area contributed by atoms with Gasteiger partial charge in [-0.3, -0.25) is 10.5 Å². The van der Waals surface area contributed by atoms with Crippen molar-refractivity contribution in [3.8, 4) is 5.75 Å². The van der Waals surface area contributed by atoms with Crippen LogP contribution in [0, 0.1) is 0 Å². The van der Waals surface area contributed by atoms with Crippen molar-refractivity contribution >= 4 is 15.9 Å². The standard InChI is InChI=1S/C13H17BrN4O/c1-3-18-8-9(7-16-18)13(17-15)11-6-10(19-2)4-5-12(11)14/h4-8,13,17H,3,15H2,1-2H3. The summed E-state index contributed by atoms with van der Waals surface area (Å²) in [4.78, 5) is 0. The van der Waals surface area contributed by atoms with Gasteiger partial charge in [0.2, 0.25) is 0 Å². The molecule has 0 aliphatic rings. The van der Waals surface area contributed by atoms with Crippen molar-refractivity contribution in [2.75, 3.05) is 7.11 Å². The molecule has 0 saturated heterocycles. The van der Waals surface area contributed by atoms with Crippen molar-refractivity contribution < 1.29 is 4.74 Å². The first-order chi connectivity index (χ1) is 9.19. The molecule has 0 saturated carbocycles. The molecule has 0 aliphatic heterocycles. The van der Waals surface area contributed by atoms with Crippen LogP contribution in [0.15, 0.2) is 35.1 Å². The third-order valence-electron chi connectivity index (χ3n) is 2.99. The molecule has 0 bridgehead atoms. The second kappa shape index (κ2) is 6.18. The number of halogens is 1. The van der Waals surface area contributed by atoms with Crippen molar-refractivity contribution in [3.63, 3.8) is 0 Å². The van der Waals surface area contributed by atoms with E-state index in [-0.39, 0.29) is 6.04 Å². The normalized spacial score (nSPS) is 12.4. The SMILES string of the molecule is CCn1cc(C(NN)c2cc(OC)ccc2Br)cn1. The predicted molar refractivity (Wildman–Crippen MR) is 77.8 cm³/mol. The molecule has 0 aliphatic carbocycles. The fourth-order valence-electron chi connectivity index (χ4n) is 1.94. The Balaban J connectivity index is 2.41. The molecule has 0 spiro atoms. The Morgan fingerprint density at radius 2 is 2.32 bits per heavy atom. The lowest BCUT2D eigenvalue weighted by Gasteiger charge is -2.17. The number of nitrogens with two attached hydrogens (primary N) is 1. The monoisotopic (exact) mass is 324 g/mol. The second-order valence-electron chi connectivity index (χ2n) is 4.12. The zero-order chi connectivity index (χ0) is 13.8. The van der Waals surface area contributed by atoms with Gasteiger partial charge in [-0.2, -0.15) is 5.10 Å². The summed E-state index contributed by atoms with van der Waals surface area (Å²) in [6.07, 6.45) is 3.80. The van der Waals surface area contributed by atoms with Crippen LogP contribution in [-0.2, 0) is 6.54 Å². The molecule has 3 N–H and O–H groups in total. The largest absolute Gasteiger partial charge is 0.497 e. The van der Waals surface area contributed by atoms with E-state index in [1.807, 2.05) is 42.2 Å². The molecular weight excluding hydrogens is 308 g/mol.